The highest BCUT2D eigenvalue weighted by Crippen LogP contribution is 2.33. The third kappa shape index (κ3) is 3.24. The molecule has 1 N–H and O–H groups in total. The number of carbonyl (C=O) groups is 1. The normalized spacial score (nSPS) is 18.2. The number of hydrogen-bond donors (Lipinski definition) is 1. The molecule has 5 rings (SSSR count). The highest BCUT2D eigenvalue weighted by atomic mass is 16.2. The summed E-state index contributed by atoms with van der Waals surface area (Å²) in [6.07, 6.45) is 5.70. The molecule has 2 aromatic rings. The SMILES string of the molecule is O=C(C1CC1)N1CCc2c(ncnc2NCCN2CCc3ccccc32)C1. The van der Waals surface area contributed by atoms with Crippen LogP contribution in [-0.2, 0) is 24.2 Å². The minimum atomic E-state index is 0.273. The van der Waals surface area contributed by atoms with Crippen molar-refractivity contribution >= 4 is 17.4 Å². The lowest BCUT2D eigenvalue weighted by atomic mass is 10.0. The van der Waals surface area contributed by atoms with Crippen LogP contribution in [0.4, 0.5) is 11.5 Å². The van der Waals surface area contributed by atoms with Gasteiger partial charge in [-0.3, -0.25) is 4.79 Å². The van der Waals surface area contributed by atoms with E-state index in [1.807, 2.05) is 4.90 Å². The lowest BCUT2D eigenvalue weighted by Crippen LogP contribution is -2.38. The van der Waals surface area contributed by atoms with Crippen LogP contribution in [0.3, 0.4) is 0 Å². The van der Waals surface area contributed by atoms with E-state index in [1.165, 1.54) is 16.8 Å². The number of aromatic nitrogens is 2. The highest BCUT2D eigenvalue weighted by molar-refractivity contribution is 5.81. The minimum absolute atomic E-state index is 0.273. The number of para-hydroxylation sites is 1. The summed E-state index contributed by atoms with van der Waals surface area (Å²) in [6.45, 7) is 4.30. The average molecular weight is 363 g/mol. The first-order chi connectivity index (χ1) is 13.3. The molecule has 1 fully saturated rings. The maximum Gasteiger partial charge on any atom is 0.226 e. The van der Waals surface area contributed by atoms with Gasteiger partial charge in [0, 0.05) is 43.3 Å². The minimum Gasteiger partial charge on any atom is -0.369 e. The highest BCUT2D eigenvalue weighted by Gasteiger charge is 2.35. The van der Waals surface area contributed by atoms with Crippen molar-refractivity contribution in [2.75, 3.05) is 36.4 Å². The van der Waals surface area contributed by atoms with Gasteiger partial charge in [0.05, 0.1) is 12.2 Å². The van der Waals surface area contributed by atoms with Crippen molar-refractivity contribution in [2.24, 2.45) is 5.92 Å². The Morgan fingerprint density at radius 2 is 2.04 bits per heavy atom. The molecular weight excluding hydrogens is 338 g/mol. The fourth-order valence-electron chi connectivity index (χ4n) is 4.23. The van der Waals surface area contributed by atoms with Crippen molar-refractivity contribution in [1.82, 2.24) is 14.9 Å². The van der Waals surface area contributed by atoms with E-state index in [0.717, 1.165) is 63.4 Å². The molecule has 1 saturated carbocycles. The summed E-state index contributed by atoms with van der Waals surface area (Å²) in [6, 6.07) is 8.66. The molecule has 1 aromatic heterocycles. The number of nitrogens with zero attached hydrogens (tertiary/aromatic N) is 4. The molecule has 0 bridgehead atoms. The third-order valence-electron chi connectivity index (χ3n) is 5.90. The number of nitrogens with one attached hydrogen (secondary N) is 1. The van der Waals surface area contributed by atoms with E-state index in [4.69, 9.17) is 0 Å². The van der Waals surface area contributed by atoms with E-state index < -0.39 is 0 Å². The number of benzene rings is 1. The van der Waals surface area contributed by atoms with Crippen molar-refractivity contribution < 1.29 is 4.79 Å². The zero-order valence-electron chi connectivity index (χ0n) is 15.5. The van der Waals surface area contributed by atoms with Crippen LogP contribution in [0.2, 0.25) is 0 Å². The first kappa shape index (κ1) is 16.5. The Morgan fingerprint density at radius 3 is 2.93 bits per heavy atom. The maximum atomic E-state index is 12.3. The molecule has 1 aliphatic carbocycles. The second-order valence-corrected chi connectivity index (χ2v) is 7.72. The lowest BCUT2D eigenvalue weighted by molar-refractivity contribution is -0.133. The van der Waals surface area contributed by atoms with E-state index in [-0.39, 0.29) is 5.92 Å². The molecule has 0 atom stereocenters. The number of hydrogen-bond acceptors (Lipinski definition) is 5. The summed E-state index contributed by atoms with van der Waals surface area (Å²) in [5.74, 6) is 1.52. The lowest BCUT2D eigenvalue weighted by Gasteiger charge is -2.29. The van der Waals surface area contributed by atoms with Crippen LogP contribution in [0, 0.1) is 5.92 Å². The van der Waals surface area contributed by atoms with Gasteiger partial charge >= 0.3 is 0 Å². The van der Waals surface area contributed by atoms with Gasteiger partial charge in [0.15, 0.2) is 0 Å². The van der Waals surface area contributed by atoms with Crippen LogP contribution in [-0.4, -0.2) is 47.0 Å². The standard InChI is InChI=1S/C21H25N5O/c27-21(16-5-6-16)26-11-8-17-18(13-26)23-14-24-20(17)22-9-12-25-10-7-15-3-1-2-4-19(15)25/h1-4,14,16H,5-13H2,(H,22,23,24). The quantitative estimate of drug-likeness (QED) is 0.883. The van der Waals surface area contributed by atoms with Crippen molar-refractivity contribution in [3.8, 4) is 0 Å². The molecule has 6 heteroatoms. The Morgan fingerprint density at radius 1 is 1.15 bits per heavy atom. The van der Waals surface area contributed by atoms with Crippen LogP contribution >= 0.6 is 0 Å². The number of carbonyl (C=O) groups excluding carboxylic acids is 1. The number of rotatable bonds is 5. The molecule has 0 radical (unpaired) electrons. The molecule has 140 valence electrons. The fourth-order valence-corrected chi connectivity index (χ4v) is 4.23. The molecule has 1 aromatic carbocycles. The van der Waals surface area contributed by atoms with Gasteiger partial charge in [-0.1, -0.05) is 18.2 Å². The number of anilines is 2. The summed E-state index contributed by atoms with van der Waals surface area (Å²) in [5.41, 5.74) is 4.98. The van der Waals surface area contributed by atoms with E-state index in [9.17, 15) is 4.79 Å². The predicted molar refractivity (Wildman–Crippen MR) is 105 cm³/mol. The smallest absolute Gasteiger partial charge is 0.226 e. The predicted octanol–water partition coefficient (Wildman–Crippen LogP) is 2.25. The van der Waals surface area contributed by atoms with Crippen LogP contribution < -0.4 is 10.2 Å². The average Bonchev–Trinajstić information content (AvgIpc) is 3.48. The molecule has 3 heterocycles. The van der Waals surface area contributed by atoms with Crippen molar-refractivity contribution in [2.45, 2.75) is 32.2 Å². The molecule has 2 aliphatic heterocycles. The van der Waals surface area contributed by atoms with Crippen LogP contribution in [0.15, 0.2) is 30.6 Å². The zero-order valence-corrected chi connectivity index (χ0v) is 15.5. The summed E-state index contributed by atoms with van der Waals surface area (Å²) in [4.78, 5) is 25.7. The van der Waals surface area contributed by atoms with Crippen molar-refractivity contribution in [3.63, 3.8) is 0 Å². The Bertz CT molecular complexity index is 863. The van der Waals surface area contributed by atoms with Crippen LogP contribution in [0.25, 0.3) is 0 Å². The van der Waals surface area contributed by atoms with Gasteiger partial charge in [0.1, 0.15) is 12.1 Å². The van der Waals surface area contributed by atoms with Gasteiger partial charge in [0.25, 0.3) is 0 Å². The molecule has 0 unspecified atom stereocenters. The van der Waals surface area contributed by atoms with Crippen LogP contribution in [0.1, 0.15) is 29.7 Å². The van der Waals surface area contributed by atoms with Gasteiger partial charge in [-0.15, -0.1) is 0 Å². The first-order valence-electron chi connectivity index (χ1n) is 9.98. The number of amides is 1. The Kier molecular flexibility index (Phi) is 4.19. The van der Waals surface area contributed by atoms with Gasteiger partial charge in [-0.05, 0) is 37.3 Å². The molecule has 3 aliphatic rings. The fraction of sp³-hybridized carbons (Fsp3) is 0.476. The maximum absolute atomic E-state index is 12.3. The van der Waals surface area contributed by atoms with Gasteiger partial charge < -0.3 is 15.1 Å². The largest absolute Gasteiger partial charge is 0.369 e. The van der Waals surface area contributed by atoms with Gasteiger partial charge in [0.2, 0.25) is 5.91 Å². The van der Waals surface area contributed by atoms with E-state index in [0.29, 0.717) is 12.5 Å². The van der Waals surface area contributed by atoms with E-state index in [1.54, 1.807) is 6.33 Å². The third-order valence-corrected chi connectivity index (χ3v) is 5.90. The van der Waals surface area contributed by atoms with E-state index in [2.05, 4.69) is 44.5 Å². The molecule has 0 saturated heterocycles. The van der Waals surface area contributed by atoms with E-state index >= 15 is 0 Å². The Hall–Kier alpha value is -2.63. The molecule has 27 heavy (non-hydrogen) atoms. The number of fused-ring (bicyclic) bond motifs is 2. The van der Waals surface area contributed by atoms with Crippen LogP contribution in [0.5, 0.6) is 0 Å². The molecule has 1 amide bonds. The first-order valence-corrected chi connectivity index (χ1v) is 9.98. The summed E-state index contributed by atoms with van der Waals surface area (Å²) in [5, 5.41) is 3.51. The Labute approximate surface area is 159 Å². The molecule has 0 spiro atoms. The molecule has 6 nitrogen and oxygen atoms in total. The van der Waals surface area contributed by atoms with Gasteiger partial charge in [-0.2, -0.15) is 0 Å². The summed E-state index contributed by atoms with van der Waals surface area (Å²) in [7, 11) is 0. The summed E-state index contributed by atoms with van der Waals surface area (Å²) < 4.78 is 0. The monoisotopic (exact) mass is 363 g/mol. The zero-order chi connectivity index (χ0) is 18.2. The van der Waals surface area contributed by atoms with Crippen molar-refractivity contribution in [3.05, 3.63) is 47.4 Å². The van der Waals surface area contributed by atoms with Gasteiger partial charge in [-0.25, -0.2) is 9.97 Å². The topological polar surface area (TPSA) is 61.4 Å². The summed E-state index contributed by atoms with van der Waals surface area (Å²) >= 11 is 0. The second-order valence-electron chi connectivity index (χ2n) is 7.72. The Balaban J connectivity index is 1.22. The van der Waals surface area contributed by atoms with Crippen molar-refractivity contribution in [1.29, 1.82) is 0 Å². The molecular formula is C21H25N5O. The second kappa shape index (κ2) is 6.83.